The van der Waals surface area contributed by atoms with Gasteiger partial charge in [0.1, 0.15) is 11.3 Å². The first-order valence-corrected chi connectivity index (χ1v) is 15.1. The van der Waals surface area contributed by atoms with Crippen LogP contribution in [0, 0.1) is 17.3 Å². The Morgan fingerprint density at radius 1 is 1.11 bits per heavy atom. The van der Waals surface area contributed by atoms with Crippen LogP contribution in [-0.4, -0.2) is 42.2 Å². The van der Waals surface area contributed by atoms with Crippen LogP contribution in [0.5, 0.6) is 5.75 Å². The van der Waals surface area contributed by atoms with Gasteiger partial charge < -0.3 is 20.1 Å². The summed E-state index contributed by atoms with van der Waals surface area (Å²) in [6, 6.07) is 16.3. The number of rotatable bonds is 11. The van der Waals surface area contributed by atoms with E-state index in [4.69, 9.17) is 16.3 Å². The maximum atomic E-state index is 14.0. The Kier molecular flexibility index (Phi) is 9.30. The molecule has 0 saturated heterocycles. The van der Waals surface area contributed by atoms with Crippen molar-refractivity contribution in [2.75, 3.05) is 6.61 Å². The molecule has 2 aliphatic rings. The number of esters is 1. The summed E-state index contributed by atoms with van der Waals surface area (Å²) in [6.45, 7) is 3.97. The number of pyridine rings is 1. The van der Waals surface area contributed by atoms with Crippen molar-refractivity contribution in [3.05, 3.63) is 94.8 Å². The second kappa shape index (κ2) is 12.9. The molecule has 12 heteroatoms. The van der Waals surface area contributed by atoms with Crippen LogP contribution in [0.1, 0.15) is 49.9 Å². The highest BCUT2D eigenvalue weighted by molar-refractivity contribution is 6.30. The minimum absolute atomic E-state index is 0.0562. The fourth-order valence-electron chi connectivity index (χ4n) is 6.94. The summed E-state index contributed by atoms with van der Waals surface area (Å²) >= 11 is 6.15. The quantitative estimate of drug-likeness (QED) is 0.171. The van der Waals surface area contributed by atoms with Crippen LogP contribution in [0.2, 0.25) is 5.02 Å². The van der Waals surface area contributed by atoms with Gasteiger partial charge in [-0.25, -0.2) is 4.79 Å². The van der Waals surface area contributed by atoms with E-state index >= 15 is 0 Å². The highest BCUT2D eigenvalue weighted by Crippen LogP contribution is 2.57. The number of alkyl halides is 4. The average Bonchev–Trinajstić information content (AvgIpc) is 3.51. The van der Waals surface area contributed by atoms with Crippen LogP contribution in [0.25, 0.3) is 0 Å². The number of carbonyl (C=O) groups is 2. The number of aromatic nitrogens is 1. The molecule has 45 heavy (non-hydrogen) atoms. The van der Waals surface area contributed by atoms with Crippen molar-refractivity contribution in [3.63, 3.8) is 0 Å². The van der Waals surface area contributed by atoms with Crippen LogP contribution in [0.3, 0.4) is 0 Å². The van der Waals surface area contributed by atoms with Crippen molar-refractivity contribution < 1.29 is 36.6 Å². The van der Waals surface area contributed by atoms with Gasteiger partial charge >= 0.3 is 24.5 Å². The molecule has 1 aromatic heterocycles. The lowest BCUT2D eigenvalue weighted by Gasteiger charge is -2.38. The number of ether oxygens (including phenoxy) is 2. The highest BCUT2D eigenvalue weighted by atomic mass is 35.5. The topological polar surface area (TPSA) is 89.5 Å². The molecule has 0 radical (unpaired) electrons. The van der Waals surface area contributed by atoms with Gasteiger partial charge in [0.15, 0.2) is 0 Å². The third-order valence-electron chi connectivity index (χ3n) is 8.91. The Bertz CT molecular complexity index is 1510. The number of carbonyl (C=O) groups excluding carboxylic acids is 2. The third-order valence-corrected chi connectivity index (χ3v) is 9.13. The van der Waals surface area contributed by atoms with E-state index in [2.05, 4.69) is 20.4 Å². The standard InChI is InChI=1S/C33H34ClF4N3O4/c1-3-44-28(42)26-27(21-14-15-31(26,2)18-21)40-30(43)41-32(17-20-8-5-4-6-9-20,25-13-12-23(34)19-39-25)22-10-7-11-24(16-22)45-33(37,38)29(35)36/h4-13,16,19,21,26-27,29H,3,14-15,17-18H2,1-2H3,(H2,40,41,43)/t21-,26+,27-,31+,32-/m1/s1. The smallest absolute Gasteiger partial charge is 0.461 e. The maximum Gasteiger partial charge on any atom is 0.461 e. The molecule has 1 heterocycles. The number of benzene rings is 2. The molecular formula is C33H34ClF4N3O4. The van der Waals surface area contributed by atoms with Crippen molar-refractivity contribution in [2.45, 2.75) is 63.6 Å². The number of nitrogens with one attached hydrogen (secondary N) is 2. The predicted molar refractivity (Wildman–Crippen MR) is 159 cm³/mol. The molecule has 2 N–H and O–H groups in total. The zero-order valence-electron chi connectivity index (χ0n) is 24.7. The van der Waals surface area contributed by atoms with Gasteiger partial charge in [0.2, 0.25) is 0 Å². The Balaban J connectivity index is 1.57. The van der Waals surface area contributed by atoms with E-state index < -0.39 is 41.8 Å². The molecule has 2 aromatic carbocycles. The molecule has 0 spiro atoms. The van der Waals surface area contributed by atoms with Crippen LogP contribution in [-0.2, 0) is 21.5 Å². The molecule has 240 valence electrons. The van der Waals surface area contributed by atoms with Gasteiger partial charge in [-0.05, 0) is 72.9 Å². The van der Waals surface area contributed by atoms with Gasteiger partial charge in [-0.3, -0.25) is 9.78 Å². The Morgan fingerprint density at radius 3 is 2.53 bits per heavy atom. The monoisotopic (exact) mass is 647 g/mol. The lowest BCUT2D eigenvalue weighted by molar-refractivity contribution is -0.253. The summed E-state index contributed by atoms with van der Waals surface area (Å²) in [5.74, 6) is -1.39. The molecule has 2 aliphatic carbocycles. The first-order chi connectivity index (χ1) is 21.4. The van der Waals surface area contributed by atoms with Crippen molar-refractivity contribution in [2.24, 2.45) is 17.3 Å². The number of halogens is 5. The molecule has 2 saturated carbocycles. The minimum Gasteiger partial charge on any atom is -0.466 e. The van der Waals surface area contributed by atoms with Crippen molar-refractivity contribution in [1.82, 2.24) is 15.6 Å². The summed E-state index contributed by atoms with van der Waals surface area (Å²) in [7, 11) is 0. The van der Waals surface area contributed by atoms with Gasteiger partial charge in [0, 0.05) is 18.7 Å². The number of fused-ring (bicyclic) bond motifs is 2. The van der Waals surface area contributed by atoms with Gasteiger partial charge in [-0.1, -0.05) is 61.0 Å². The van der Waals surface area contributed by atoms with E-state index in [1.54, 1.807) is 37.3 Å². The zero-order valence-corrected chi connectivity index (χ0v) is 25.5. The predicted octanol–water partition coefficient (Wildman–Crippen LogP) is 7.13. The summed E-state index contributed by atoms with van der Waals surface area (Å²) in [6.07, 6.45) is -4.91. The van der Waals surface area contributed by atoms with Crippen molar-refractivity contribution >= 4 is 23.6 Å². The fraction of sp³-hybridized carbons (Fsp3) is 0.424. The largest absolute Gasteiger partial charge is 0.466 e. The highest BCUT2D eigenvalue weighted by Gasteiger charge is 2.59. The van der Waals surface area contributed by atoms with E-state index in [-0.39, 0.29) is 35.9 Å². The first kappa shape index (κ1) is 32.5. The van der Waals surface area contributed by atoms with Crippen LogP contribution < -0.4 is 15.4 Å². The third kappa shape index (κ3) is 6.73. The summed E-state index contributed by atoms with van der Waals surface area (Å²) < 4.78 is 63.8. The Morgan fingerprint density at radius 2 is 1.87 bits per heavy atom. The van der Waals surface area contributed by atoms with Gasteiger partial charge in [-0.2, -0.15) is 17.6 Å². The Labute approximate surface area is 263 Å². The molecule has 7 nitrogen and oxygen atoms in total. The SMILES string of the molecule is CCOC(=O)[C@@H]1[C@H](NC(=O)N[C@](Cc2ccccc2)(c2cccc(OC(F)(F)C(F)F)c2)c2ccc(Cl)cn2)[C@@H]2CC[C@@]1(C)C2. The molecule has 5 rings (SSSR count). The summed E-state index contributed by atoms with van der Waals surface area (Å²) in [5.41, 5.74) is -0.576. The molecule has 2 fully saturated rings. The second-order valence-corrected chi connectivity index (χ2v) is 12.4. The second-order valence-electron chi connectivity index (χ2n) is 11.9. The molecule has 3 aromatic rings. The number of amides is 2. The van der Waals surface area contributed by atoms with Gasteiger partial charge in [-0.15, -0.1) is 0 Å². The van der Waals surface area contributed by atoms with E-state index in [1.807, 2.05) is 25.1 Å². The molecule has 0 unspecified atom stereocenters. The van der Waals surface area contributed by atoms with E-state index in [0.717, 1.165) is 30.9 Å². The van der Waals surface area contributed by atoms with Crippen LogP contribution >= 0.6 is 11.6 Å². The molecular weight excluding hydrogens is 614 g/mol. The van der Waals surface area contributed by atoms with Crippen LogP contribution in [0.4, 0.5) is 22.4 Å². The Hall–Kier alpha value is -3.86. The molecule has 2 amide bonds. The van der Waals surface area contributed by atoms with Gasteiger partial charge in [0.05, 0.1) is 23.2 Å². The number of hydrogen-bond acceptors (Lipinski definition) is 5. The molecule has 5 atom stereocenters. The number of nitrogens with zero attached hydrogens (tertiary/aromatic N) is 1. The zero-order chi connectivity index (χ0) is 32.4. The number of hydrogen-bond donors (Lipinski definition) is 2. The van der Waals surface area contributed by atoms with Crippen molar-refractivity contribution in [3.8, 4) is 5.75 Å². The summed E-state index contributed by atoms with van der Waals surface area (Å²) in [4.78, 5) is 31.6. The summed E-state index contributed by atoms with van der Waals surface area (Å²) in [5, 5.41) is 6.38. The molecule has 0 aliphatic heterocycles. The van der Waals surface area contributed by atoms with Crippen molar-refractivity contribution in [1.29, 1.82) is 0 Å². The van der Waals surface area contributed by atoms with Gasteiger partial charge in [0.25, 0.3) is 0 Å². The lowest BCUT2D eigenvalue weighted by Crippen LogP contribution is -2.57. The average molecular weight is 648 g/mol. The van der Waals surface area contributed by atoms with E-state index in [9.17, 15) is 27.2 Å². The molecule has 2 bridgehead atoms. The van der Waals surface area contributed by atoms with Crippen LogP contribution in [0.15, 0.2) is 72.9 Å². The fourth-order valence-corrected chi connectivity index (χ4v) is 7.05. The number of urea groups is 1. The van der Waals surface area contributed by atoms with E-state index in [0.29, 0.717) is 10.7 Å². The lowest BCUT2D eigenvalue weighted by atomic mass is 9.74. The normalized spacial score (nSPS) is 23.8. The van der Waals surface area contributed by atoms with E-state index in [1.165, 1.54) is 18.3 Å². The first-order valence-electron chi connectivity index (χ1n) is 14.7. The minimum atomic E-state index is -4.75. The maximum absolute atomic E-state index is 14.0.